The van der Waals surface area contributed by atoms with E-state index in [9.17, 15) is 9.59 Å². The molecule has 0 aliphatic rings. The molecule has 7 heteroatoms. The summed E-state index contributed by atoms with van der Waals surface area (Å²) in [4.78, 5) is 25.9. The van der Waals surface area contributed by atoms with Gasteiger partial charge in [0.25, 0.3) is 0 Å². The molecule has 112 valence electrons. The van der Waals surface area contributed by atoms with E-state index in [1.807, 2.05) is 0 Å². The number of rotatable bonds is 10. The second kappa shape index (κ2) is 9.08. The first-order valence-electron chi connectivity index (χ1n) is 6.85. The molecular weight excluding hydrogens is 260 g/mol. The Bertz CT molecular complexity index is 431. The highest BCUT2D eigenvalue weighted by Crippen LogP contribution is 2.02. The number of hydrogen-bond donors (Lipinski definition) is 3. The smallest absolute Gasteiger partial charge is 0.356 e. The quantitative estimate of drug-likeness (QED) is 0.544. The molecule has 0 fully saturated rings. The molecule has 0 atom stereocenters. The van der Waals surface area contributed by atoms with Crippen molar-refractivity contribution in [2.45, 2.75) is 38.6 Å². The molecule has 1 aromatic heterocycles. The Morgan fingerprint density at radius 1 is 1.30 bits per heavy atom. The zero-order valence-corrected chi connectivity index (χ0v) is 11.5. The molecule has 1 amide bonds. The van der Waals surface area contributed by atoms with Crippen LogP contribution in [0.4, 0.5) is 0 Å². The molecule has 1 rings (SSSR count). The molecule has 0 unspecified atom stereocenters. The third-order valence-corrected chi connectivity index (χ3v) is 2.90. The van der Waals surface area contributed by atoms with Crippen LogP contribution in [0.5, 0.6) is 0 Å². The van der Waals surface area contributed by atoms with Gasteiger partial charge in [-0.2, -0.15) is 0 Å². The highest BCUT2D eigenvalue weighted by molar-refractivity contribution is 5.84. The molecule has 1 heterocycles. The molecule has 0 aliphatic heterocycles. The van der Waals surface area contributed by atoms with Gasteiger partial charge in [-0.05, 0) is 19.4 Å². The zero-order valence-electron chi connectivity index (χ0n) is 11.5. The summed E-state index contributed by atoms with van der Waals surface area (Å²) in [7, 11) is 0. The first-order valence-corrected chi connectivity index (χ1v) is 6.85. The Kier molecular flexibility index (Phi) is 7.34. The second-order valence-electron chi connectivity index (χ2n) is 4.60. The SMILES string of the molecule is NCCCCCCC(=O)NCCn1cnc(C(=O)O)c1. The van der Waals surface area contributed by atoms with Gasteiger partial charge in [0.1, 0.15) is 0 Å². The van der Waals surface area contributed by atoms with Crippen molar-refractivity contribution in [3.63, 3.8) is 0 Å². The van der Waals surface area contributed by atoms with Gasteiger partial charge in [-0.25, -0.2) is 9.78 Å². The van der Waals surface area contributed by atoms with Crippen molar-refractivity contribution in [3.8, 4) is 0 Å². The molecular formula is C13H22N4O3. The second-order valence-corrected chi connectivity index (χ2v) is 4.60. The molecule has 1 aromatic rings. The first-order chi connectivity index (χ1) is 9.63. The molecule has 0 bridgehead atoms. The van der Waals surface area contributed by atoms with Gasteiger partial charge in [-0.3, -0.25) is 4.79 Å². The summed E-state index contributed by atoms with van der Waals surface area (Å²) in [5, 5.41) is 11.5. The number of nitrogens with one attached hydrogen (secondary N) is 1. The molecule has 0 aliphatic carbocycles. The van der Waals surface area contributed by atoms with Crippen molar-refractivity contribution in [2.24, 2.45) is 5.73 Å². The summed E-state index contributed by atoms with van der Waals surface area (Å²) >= 11 is 0. The van der Waals surface area contributed by atoms with E-state index >= 15 is 0 Å². The van der Waals surface area contributed by atoms with Gasteiger partial charge < -0.3 is 20.7 Å². The van der Waals surface area contributed by atoms with Crippen molar-refractivity contribution >= 4 is 11.9 Å². The lowest BCUT2D eigenvalue weighted by Crippen LogP contribution is -2.26. The van der Waals surface area contributed by atoms with E-state index in [4.69, 9.17) is 10.8 Å². The third-order valence-electron chi connectivity index (χ3n) is 2.90. The predicted molar refractivity (Wildman–Crippen MR) is 74.3 cm³/mol. The van der Waals surface area contributed by atoms with Crippen LogP contribution >= 0.6 is 0 Å². The van der Waals surface area contributed by atoms with Gasteiger partial charge in [-0.15, -0.1) is 0 Å². The van der Waals surface area contributed by atoms with Crippen LogP contribution in [0.25, 0.3) is 0 Å². The molecule has 0 radical (unpaired) electrons. The zero-order chi connectivity index (χ0) is 14.8. The standard InChI is InChI=1S/C13H22N4O3/c14-6-4-2-1-3-5-12(18)15-7-8-17-9-11(13(19)20)16-10-17/h9-10H,1-8,14H2,(H,15,18)(H,19,20). The largest absolute Gasteiger partial charge is 0.476 e. The summed E-state index contributed by atoms with van der Waals surface area (Å²) in [6, 6.07) is 0. The summed E-state index contributed by atoms with van der Waals surface area (Å²) in [6.07, 6.45) is 7.39. The molecule has 0 spiro atoms. The highest BCUT2D eigenvalue weighted by Gasteiger charge is 2.06. The van der Waals surface area contributed by atoms with Gasteiger partial charge in [-0.1, -0.05) is 12.8 Å². The Morgan fingerprint density at radius 2 is 2.05 bits per heavy atom. The fraction of sp³-hybridized carbons (Fsp3) is 0.615. The van der Waals surface area contributed by atoms with Crippen molar-refractivity contribution in [3.05, 3.63) is 18.2 Å². The van der Waals surface area contributed by atoms with Crippen molar-refractivity contribution in [1.82, 2.24) is 14.9 Å². The number of carbonyl (C=O) groups excluding carboxylic acids is 1. The Morgan fingerprint density at radius 3 is 2.70 bits per heavy atom. The minimum Gasteiger partial charge on any atom is -0.476 e. The van der Waals surface area contributed by atoms with Crippen LogP contribution in [0.15, 0.2) is 12.5 Å². The van der Waals surface area contributed by atoms with Gasteiger partial charge in [0.2, 0.25) is 5.91 Å². The monoisotopic (exact) mass is 282 g/mol. The van der Waals surface area contributed by atoms with Gasteiger partial charge in [0.05, 0.1) is 6.33 Å². The van der Waals surface area contributed by atoms with Gasteiger partial charge >= 0.3 is 5.97 Å². The minimum atomic E-state index is -1.05. The number of carboxylic acids is 1. The molecule has 0 saturated heterocycles. The van der Waals surface area contributed by atoms with Crippen LogP contribution in [0.2, 0.25) is 0 Å². The van der Waals surface area contributed by atoms with Crippen molar-refractivity contribution in [2.75, 3.05) is 13.1 Å². The van der Waals surface area contributed by atoms with E-state index in [2.05, 4.69) is 10.3 Å². The van der Waals surface area contributed by atoms with Crippen LogP contribution < -0.4 is 11.1 Å². The number of aromatic nitrogens is 2. The van der Waals surface area contributed by atoms with Crippen molar-refractivity contribution < 1.29 is 14.7 Å². The van der Waals surface area contributed by atoms with E-state index in [-0.39, 0.29) is 11.6 Å². The Labute approximate surface area is 118 Å². The molecule has 0 saturated carbocycles. The molecule has 4 N–H and O–H groups in total. The number of carbonyl (C=O) groups is 2. The summed E-state index contributed by atoms with van der Waals surface area (Å²) < 4.78 is 1.64. The number of carboxylic acid groups (broad SMARTS) is 1. The maximum atomic E-state index is 11.5. The average Bonchev–Trinajstić information content (AvgIpc) is 2.87. The lowest BCUT2D eigenvalue weighted by molar-refractivity contribution is -0.121. The number of aromatic carboxylic acids is 1. The van der Waals surface area contributed by atoms with E-state index in [0.717, 1.165) is 25.7 Å². The Hall–Kier alpha value is -1.89. The fourth-order valence-electron chi connectivity index (χ4n) is 1.79. The highest BCUT2D eigenvalue weighted by atomic mass is 16.4. The van der Waals surface area contributed by atoms with Crippen LogP contribution in [0.3, 0.4) is 0 Å². The van der Waals surface area contributed by atoms with E-state index in [1.54, 1.807) is 4.57 Å². The number of nitrogens with two attached hydrogens (primary N) is 1. The van der Waals surface area contributed by atoms with Crippen LogP contribution in [-0.2, 0) is 11.3 Å². The fourth-order valence-corrected chi connectivity index (χ4v) is 1.79. The average molecular weight is 282 g/mol. The maximum absolute atomic E-state index is 11.5. The first kappa shape index (κ1) is 16.2. The number of nitrogens with zero attached hydrogens (tertiary/aromatic N) is 2. The van der Waals surface area contributed by atoms with Crippen molar-refractivity contribution in [1.29, 1.82) is 0 Å². The minimum absolute atomic E-state index is 0.0104. The number of imidazole rings is 1. The number of hydrogen-bond acceptors (Lipinski definition) is 4. The summed E-state index contributed by atoms with van der Waals surface area (Å²) in [5.74, 6) is -1.03. The lowest BCUT2D eigenvalue weighted by atomic mass is 10.1. The van der Waals surface area contributed by atoms with Crippen LogP contribution in [-0.4, -0.2) is 39.6 Å². The number of amides is 1. The Balaban J connectivity index is 2.10. The topological polar surface area (TPSA) is 110 Å². The van der Waals surface area contributed by atoms with Gasteiger partial charge in [0.15, 0.2) is 5.69 Å². The van der Waals surface area contributed by atoms with Crippen LogP contribution in [0.1, 0.15) is 42.6 Å². The summed E-state index contributed by atoms with van der Waals surface area (Å²) in [5.41, 5.74) is 5.40. The van der Waals surface area contributed by atoms with E-state index < -0.39 is 5.97 Å². The summed E-state index contributed by atoms with van der Waals surface area (Å²) in [6.45, 7) is 1.69. The van der Waals surface area contributed by atoms with E-state index in [1.165, 1.54) is 12.5 Å². The normalized spacial score (nSPS) is 10.4. The third kappa shape index (κ3) is 6.33. The number of unbranched alkanes of at least 4 members (excludes halogenated alkanes) is 3. The molecule has 20 heavy (non-hydrogen) atoms. The predicted octanol–water partition coefficient (Wildman–Crippen LogP) is 0.607. The maximum Gasteiger partial charge on any atom is 0.356 e. The molecule has 0 aromatic carbocycles. The van der Waals surface area contributed by atoms with E-state index in [0.29, 0.717) is 26.1 Å². The molecule has 7 nitrogen and oxygen atoms in total. The van der Waals surface area contributed by atoms with Gasteiger partial charge in [0, 0.05) is 25.7 Å². The lowest BCUT2D eigenvalue weighted by Gasteiger charge is -2.05. The van der Waals surface area contributed by atoms with Crippen LogP contribution in [0, 0.1) is 0 Å².